The third-order valence-electron chi connectivity index (χ3n) is 2.52. The Morgan fingerprint density at radius 3 is 3.06 bits per heavy atom. The van der Waals surface area contributed by atoms with Crippen molar-refractivity contribution >= 4 is 28.8 Å². The van der Waals surface area contributed by atoms with Crippen LogP contribution in [-0.2, 0) is 11.2 Å². The summed E-state index contributed by atoms with van der Waals surface area (Å²) >= 11 is 6.04. The average Bonchev–Trinajstić information content (AvgIpc) is 2.29. The zero-order chi connectivity index (χ0) is 11.4. The molecule has 2 aromatic rings. The van der Waals surface area contributed by atoms with Crippen LogP contribution in [0.3, 0.4) is 0 Å². The smallest absolute Gasteiger partial charge is 0.120 e. The lowest BCUT2D eigenvalue weighted by Gasteiger charge is -2.05. The van der Waals surface area contributed by atoms with Gasteiger partial charge >= 0.3 is 0 Å². The number of unbranched alkanes of at least 4 members (excludes halogenated alkanes) is 1. The Morgan fingerprint density at radius 2 is 2.25 bits per heavy atom. The number of rotatable bonds is 4. The summed E-state index contributed by atoms with van der Waals surface area (Å²) in [5, 5.41) is 1.78. The van der Waals surface area contributed by atoms with E-state index in [0.717, 1.165) is 40.6 Å². The number of aromatic nitrogens is 1. The van der Waals surface area contributed by atoms with Gasteiger partial charge in [-0.05, 0) is 36.6 Å². The maximum Gasteiger partial charge on any atom is 0.120 e. The van der Waals surface area contributed by atoms with E-state index in [-0.39, 0.29) is 0 Å². The molecule has 0 fully saturated rings. The number of carbonyl (C=O) groups is 1. The fraction of sp³-hybridized carbons (Fsp3) is 0.231. The Bertz CT molecular complexity index is 510. The van der Waals surface area contributed by atoms with Crippen molar-refractivity contribution < 1.29 is 4.79 Å². The first-order chi connectivity index (χ1) is 7.81. The fourth-order valence-electron chi connectivity index (χ4n) is 1.79. The van der Waals surface area contributed by atoms with E-state index in [9.17, 15) is 4.79 Å². The van der Waals surface area contributed by atoms with Crippen LogP contribution < -0.4 is 0 Å². The molecule has 1 heterocycles. The highest BCUT2D eigenvalue weighted by atomic mass is 35.5. The molecule has 0 radical (unpaired) electrons. The monoisotopic (exact) mass is 233 g/mol. The number of fused-ring (bicyclic) bond motifs is 1. The normalized spacial score (nSPS) is 10.6. The van der Waals surface area contributed by atoms with Gasteiger partial charge in [0.15, 0.2) is 0 Å². The van der Waals surface area contributed by atoms with Crippen molar-refractivity contribution in [2.45, 2.75) is 19.3 Å². The van der Waals surface area contributed by atoms with Gasteiger partial charge in [-0.3, -0.25) is 4.98 Å². The van der Waals surface area contributed by atoms with Crippen LogP contribution in [0.2, 0.25) is 5.02 Å². The lowest BCUT2D eigenvalue weighted by molar-refractivity contribution is -0.107. The molecule has 2 rings (SSSR count). The number of hydrogen-bond acceptors (Lipinski definition) is 2. The summed E-state index contributed by atoms with van der Waals surface area (Å²) in [6, 6.07) is 7.74. The Labute approximate surface area is 99.3 Å². The summed E-state index contributed by atoms with van der Waals surface area (Å²) in [4.78, 5) is 14.6. The Kier molecular flexibility index (Phi) is 3.52. The molecule has 0 atom stereocenters. The molecular formula is C13H12ClNO. The van der Waals surface area contributed by atoms with Crippen molar-refractivity contribution in [3.05, 3.63) is 41.0 Å². The highest BCUT2D eigenvalue weighted by Gasteiger charge is 2.03. The van der Waals surface area contributed by atoms with E-state index in [1.54, 1.807) is 6.20 Å². The molecule has 1 aromatic carbocycles. The second-order valence-electron chi connectivity index (χ2n) is 3.70. The number of aldehydes is 1. The van der Waals surface area contributed by atoms with Gasteiger partial charge in [0.2, 0.25) is 0 Å². The summed E-state index contributed by atoms with van der Waals surface area (Å²) in [7, 11) is 0. The quantitative estimate of drug-likeness (QED) is 0.598. The van der Waals surface area contributed by atoms with Crippen molar-refractivity contribution in [3.63, 3.8) is 0 Å². The molecule has 0 bridgehead atoms. The third kappa shape index (κ3) is 2.39. The van der Waals surface area contributed by atoms with E-state index in [2.05, 4.69) is 4.98 Å². The number of pyridine rings is 1. The van der Waals surface area contributed by atoms with Crippen LogP contribution in [0.15, 0.2) is 30.5 Å². The van der Waals surface area contributed by atoms with Gasteiger partial charge in [0.05, 0.1) is 5.52 Å². The standard InChI is InChI=1S/C13H12ClNO/c14-12-8-10(4-1-2-7-16)13-11(9-12)5-3-6-15-13/h3,5-9H,1-2,4H2. The molecule has 0 aliphatic carbocycles. The highest BCUT2D eigenvalue weighted by molar-refractivity contribution is 6.31. The van der Waals surface area contributed by atoms with Crippen LogP contribution in [0.5, 0.6) is 0 Å². The van der Waals surface area contributed by atoms with Crippen molar-refractivity contribution in [1.29, 1.82) is 0 Å². The number of nitrogens with zero attached hydrogens (tertiary/aromatic N) is 1. The number of halogens is 1. The molecule has 0 spiro atoms. The van der Waals surface area contributed by atoms with Crippen molar-refractivity contribution in [2.24, 2.45) is 0 Å². The molecule has 0 N–H and O–H groups in total. The van der Waals surface area contributed by atoms with Gasteiger partial charge in [-0.1, -0.05) is 17.7 Å². The Hall–Kier alpha value is -1.41. The second-order valence-corrected chi connectivity index (χ2v) is 4.14. The summed E-state index contributed by atoms with van der Waals surface area (Å²) in [6.45, 7) is 0. The van der Waals surface area contributed by atoms with Crippen LogP contribution >= 0.6 is 11.6 Å². The maximum atomic E-state index is 10.3. The van der Waals surface area contributed by atoms with E-state index >= 15 is 0 Å². The largest absolute Gasteiger partial charge is 0.303 e. The van der Waals surface area contributed by atoms with E-state index < -0.39 is 0 Å². The summed E-state index contributed by atoms with van der Waals surface area (Å²) in [5.41, 5.74) is 2.10. The van der Waals surface area contributed by atoms with Crippen molar-refractivity contribution in [2.75, 3.05) is 0 Å². The summed E-state index contributed by atoms with van der Waals surface area (Å²) in [6.07, 6.45) is 4.99. The number of carbonyl (C=O) groups excluding carboxylic acids is 1. The number of benzene rings is 1. The third-order valence-corrected chi connectivity index (χ3v) is 2.73. The zero-order valence-corrected chi connectivity index (χ0v) is 9.57. The molecule has 0 saturated carbocycles. The molecule has 0 aliphatic rings. The van der Waals surface area contributed by atoms with Crippen LogP contribution in [0.25, 0.3) is 10.9 Å². The Morgan fingerprint density at radius 1 is 1.38 bits per heavy atom. The lowest BCUT2D eigenvalue weighted by atomic mass is 10.0. The first-order valence-electron chi connectivity index (χ1n) is 5.28. The molecule has 16 heavy (non-hydrogen) atoms. The van der Waals surface area contributed by atoms with Crippen molar-refractivity contribution in [1.82, 2.24) is 4.98 Å². The van der Waals surface area contributed by atoms with E-state index in [4.69, 9.17) is 11.6 Å². The Balaban J connectivity index is 2.38. The molecule has 0 unspecified atom stereocenters. The van der Waals surface area contributed by atoms with Gasteiger partial charge in [-0.25, -0.2) is 0 Å². The molecule has 82 valence electrons. The summed E-state index contributed by atoms with van der Waals surface area (Å²) < 4.78 is 0. The molecule has 0 saturated heterocycles. The minimum absolute atomic E-state index is 0.584. The van der Waals surface area contributed by atoms with Gasteiger partial charge in [0, 0.05) is 23.0 Å². The van der Waals surface area contributed by atoms with Gasteiger partial charge in [0.25, 0.3) is 0 Å². The van der Waals surface area contributed by atoms with Gasteiger partial charge < -0.3 is 4.79 Å². The van der Waals surface area contributed by atoms with Gasteiger partial charge in [0.1, 0.15) is 6.29 Å². The zero-order valence-electron chi connectivity index (χ0n) is 8.82. The molecule has 0 aliphatic heterocycles. The van der Waals surface area contributed by atoms with Crippen LogP contribution in [-0.4, -0.2) is 11.3 Å². The predicted octanol–water partition coefficient (Wildman–Crippen LogP) is 3.41. The predicted molar refractivity (Wildman–Crippen MR) is 65.8 cm³/mol. The van der Waals surface area contributed by atoms with E-state index in [1.165, 1.54) is 0 Å². The first kappa shape index (κ1) is 11.1. The summed E-state index contributed by atoms with van der Waals surface area (Å²) in [5.74, 6) is 0. The maximum absolute atomic E-state index is 10.3. The van der Waals surface area contributed by atoms with E-state index in [0.29, 0.717) is 6.42 Å². The SMILES string of the molecule is O=CCCCc1cc(Cl)cc2cccnc12. The minimum Gasteiger partial charge on any atom is -0.303 e. The molecule has 1 aromatic heterocycles. The van der Waals surface area contributed by atoms with E-state index in [1.807, 2.05) is 24.3 Å². The second kappa shape index (κ2) is 5.08. The van der Waals surface area contributed by atoms with Gasteiger partial charge in [-0.15, -0.1) is 0 Å². The molecule has 3 heteroatoms. The lowest BCUT2D eigenvalue weighted by Crippen LogP contribution is -1.91. The van der Waals surface area contributed by atoms with Crippen LogP contribution in [0.1, 0.15) is 18.4 Å². The highest BCUT2D eigenvalue weighted by Crippen LogP contribution is 2.23. The van der Waals surface area contributed by atoms with Crippen LogP contribution in [0, 0.1) is 0 Å². The van der Waals surface area contributed by atoms with Crippen LogP contribution in [0.4, 0.5) is 0 Å². The van der Waals surface area contributed by atoms with Gasteiger partial charge in [-0.2, -0.15) is 0 Å². The number of hydrogen-bond donors (Lipinski definition) is 0. The van der Waals surface area contributed by atoms with Crippen molar-refractivity contribution in [3.8, 4) is 0 Å². The number of aryl methyl sites for hydroxylation is 1. The minimum atomic E-state index is 0.584. The average molecular weight is 234 g/mol. The first-order valence-corrected chi connectivity index (χ1v) is 5.66. The fourth-order valence-corrected chi connectivity index (χ4v) is 2.04. The molecule has 2 nitrogen and oxygen atoms in total. The molecule has 0 amide bonds. The molecular weight excluding hydrogens is 222 g/mol. The topological polar surface area (TPSA) is 30.0 Å².